The minimum absolute atomic E-state index is 0.0469. The molecule has 2 amide bonds. The Morgan fingerprint density at radius 1 is 0.923 bits per heavy atom. The first-order valence-corrected chi connectivity index (χ1v) is 14.8. The zero-order valence-electron chi connectivity index (χ0n) is 21.0. The van der Waals surface area contributed by atoms with Gasteiger partial charge in [0.2, 0.25) is 5.91 Å². The zero-order chi connectivity index (χ0) is 28.1. The van der Waals surface area contributed by atoms with E-state index in [4.69, 9.17) is 34.8 Å². The van der Waals surface area contributed by atoms with Gasteiger partial charge in [0.05, 0.1) is 11.6 Å². The molecule has 39 heavy (non-hydrogen) atoms. The number of fused-ring (bicyclic) bond motifs is 1. The van der Waals surface area contributed by atoms with Crippen LogP contribution in [0.15, 0.2) is 83.9 Å². The van der Waals surface area contributed by atoms with Gasteiger partial charge in [0.15, 0.2) is 0 Å². The summed E-state index contributed by atoms with van der Waals surface area (Å²) in [5.41, 5.74) is 0.772. The van der Waals surface area contributed by atoms with Crippen LogP contribution in [0.5, 0.6) is 0 Å². The van der Waals surface area contributed by atoms with Crippen LogP contribution in [0.25, 0.3) is 0 Å². The van der Waals surface area contributed by atoms with Gasteiger partial charge in [-0.2, -0.15) is 0 Å². The molecule has 2 atom stereocenters. The third-order valence-electron chi connectivity index (χ3n) is 6.82. The molecule has 2 aliphatic heterocycles. The normalized spacial score (nSPS) is 19.9. The number of benzene rings is 2. The number of aromatic nitrogens is 1. The maximum absolute atomic E-state index is 14.1. The second kappa shape index (κ2) is 10.5. The zero-order valence-corrected chi connectivity index (χ0v) is 24.1. The van der Waals surface area contributed by atoms with E-state index in [1.54, 1.807) is 53.4 Å². The standard InChI is InChI=1S/C27H25Cl3N4O4S/c1-17(2)32-16-25-33(39(37,38)24-10-9-20(29)14-21(24)30)15-23(31-11-3-4-12-31)27(36)34(25)22(26(32)35)13-18-5-7-19(28)8-6-18/h3-12,14,16-17,22-23H,13,15H2,1-2H3. The molecule has 0 aliphatic carbocycles. The van der Waals surface area contributed by atoms with Crippen molar-refractivity contribution in [2.75, 3.05) is 6.54 Å². The minimum Gasteiger partial charge on any atom is -0.340 e. The second-order valence-electron chi connectivity index (χ2n) is 9.64. The number of carbonyl (C=O) groups excluding carboxylic acids is 2. The Kier molecular flexibility index (Phi) is 7.45. The highest BCUT2D eigenvalue weighted by Gasteiger charge is 2.50. The summed E-state index contributed by atoms with van der Waals surface area (Å²) in [7, 11) is -4.28. The van der Waals surface area contributed by atoms with Crippen molar-refractivity contribution in [3.63, 3.8) is 0 Å². The third-order valence-corrected chi connectivity index (χ3v) is 9.56. The molecule has 204 valence electrons. The lowest BCUT2D eigenvalue weighted by Crippen LogP contribution is -2.63. The van der Waals surface area contributed by atoms with Gasteiger partial charge in [-0.15, -0.1) is 0 Å². The summed E-state index contributed by atoms with van der Waals surface area (Å²) in [6, 6.07) is 12.4. The Morgan fingerprint density at radius 2 is 1.56 bits per heavy atom. The van der Waals surface area contributed by atoms with Crippen molar-refractivity contribution in [3.8, 4) is 0 Å². The Morgan fingerprint density at radius 3 is 2.18 bits per heavy atom. The number of nitrogens with zero attached hydrogens (tertiary/aromatic N) is 4. The fourth-order valence-electron chi connectivity index (χ4n) is 4.86. The lowest BCUT2D eigenvalue weighted by atomic mass is 9.99. The number of rotatable bonds is 6. The molecule has 12 heteroatoms. The van der Waals surface area contributed by atoms with Gasteiger partial charge in [-0.1, -0.05) is 46.9 Å². The fraction of sp³-hybridized carbons (Fsp3) is 0.259. The summed E-state index contributed by atoms with van der Waals surface area (Å²) in [6.07, 6.45) is 4.99. The Bertz CT molecular complexity index is 1560. The smallest absolute Gasteiger partial charge is 0.267 e. The molecule has 0 spiro atoms. The first kappa shape index (κ1) is 27.6. The molecule has 8 nitrogen and oxygen atoms in total. The van der Waals surface area contributed by atoms with Gasteiger partial charge in [-0.3, -0.25) is 14.5 Å². The first-order valence-electron chi connectivity index (χ1n) is 12.2. The predicted molar refractivity (Wildman–Crippen MR) is 150 cm³/mol. The monoisotopic (exact) mass is 606 g/mol. The third kappa shape index (κ3) is 5.04. The van der Waals surface area contributed by atoms with Gasteiger partial charge in [-0.05, 0) is 61.9 Å². The predicted octanol–water partition coefficient (Wildman–Crippen LogP) is 5.18. The molecule has 1 saturated heterocycles. The van der Waals surface area contributed by atoms with Crippen molar-refractivity contribution in [1.82, 2.24) is 18.7 Å². The van der Waals surface area contributed by atoms with Crippen LogP contribution in [0, 0.1) is 0 Å². The number of hydrogen-bond donors (Lipinski definition) is 0. The molecule has 0 N–H and O–H groups in total. The molecule has 1 fully saturated rings. The fourth-order valence-corrected chi connectivity index (χ4v) is 7.19. The van der Waals surface area contributed by atoms with Gasteiger partial charge < -0.3 is 9.47 Å². The highest BCUT2D eigenvalue weighted by Crippen LogP contribution is 2.39. The largest absolute Gasteiger partial charge is 0.340 e. The summed E-state index contributed by atoms with van der Waals surface area (Å²) in [6.45, 7) is 3.46. The molecular weight excluding hydrogens is 583 g/mol. The maximum Gasteiger partial charge on any atom is 0.267 e. The SMILES string of the molecule is CC(C)N1C=C2N(C(=O)C(n3cccc3)CN2S(=O)(=O)c2ccc(Cl)cc2Cl)C(Cc2ccc(Cl)cc2)C1=O. The van der Waals surface area contributed by atoms with Crippen LogP contribution in [0.3, 0.4) is 0 Å². The summed E-state index contributed by atoms with van der Waals surface area (Å²) in [5, 5.41) is 0.780. The molecular formula is C27H25Cl3N4O4S. The van der Waals surface area contributed by atoms with E-state index in [0.29, 0.717) is 5.02 Å². The van der Waals surface area contributed by atoms with Crippen LogP contribution in [-0.4, -0.2) is 57.5 Å². The number of hydrogen-bond acceptors (Lipinski definition) is 4. The summed E-state index contributed by atoms with van der Waals surface area (Å²) >= 11 is 18.5. The van der Waals surface area contributed by atoms with Crippen LogP contribution >= 0.6 is 34.8 Å². The average molecular weight is 608 g/mol. The molecule has 5 rings (SSSR count). The quantitative estimate of drug-likeness (QED) is 0.387. The van der Waals surface area contributed by atoms with E-state index in [2.05, 4.69) is 0 Å². The van der Waals surface area contributed by atoms with Crippen LogP contribution < -0.4 is 0 Å². The van der Waals surface area contributed by atoms with Crippen molar-refractivity contribution in [1.29, 1.82) is 0 Å². The van der Waals surface area contributed by atoms with E-state index >= 15 is 0 Å². The van der Waals surface area contributed by atoms with Crippen LogP contribution in [0.1, 0.15) is 25.5 Å². The Labute approximate surface area is 242 Å². The highest BCUT2D eigenvalue weighted by molar-refractivity contribution is 7.89. The molecule has 3 heterocycles. The van der Waals surface area contributed by atoms with Crippen molar-refractivity contribution < 1.29 is 18.0 Å². The molecule has 0 saturated carbocycles. The highest BCUT2D eigenvalue weighted by atomic mass is 35.5. The summed E-state index contributed by atoms with van der Waals surface area (Å²) in [5.74, 6) is -0.615. The second-order valence-corrected chi connectivity index (χ2v) is 12.7. The van der Waals surface area contributed by atoms with Crippen molar-refractivity contribution in [2.24, 2.45) is 0 Å². The lowest BCUT2D eigenvalue weighted by molar-refractivity contribution is -0.151. The summed E-state index contributed by atoms with van der Waals surface area (Å²) < 4.78 is 31.1. The molecule has 2 aromatic carbocycles. The molecule has 0 radical (unpaired) electrons. The molecule has 3 aromatic rings. The molecule has 1 aromatic heterocycles. The van der Waals surface area contributed by atoms with E-state index in [0.717, 1.165) is 9.87 Å². The maximum atomic E-state index is 14.1. The minimum atomic E-state index is -4.28. The van der Waals surface area contributed by atoms with Crippen LogP contribution in [-0.2, 0) is 26.0 Å². The van der Waals surface area contributed by atoms with E-state index in [-0.39, 0.29) is 51.6 Å². The van der Waals surface area contributed by atoms with Crippen molar-refractivity contribution >= 4 is 56.6 Å². The molecule has 0 bridgehead atoms. The topological polar surface area (TPSA) is 82.9 Å². The first-order chi connectivity index (χ1) is 18.5. The number of sulfonamides is 1. The molecule has 2 unspecified atom stereocenters. The van der Waals surface area contributed by atoms with Gasteiger partial charge in [0.1, 0.15) is 22.8 Å². The number of amides is 2. The van der Waals surface area contributed by atoms with E-state index in [9.17, 15) is 18.0 Å². The van der Waals surface area contributed by atoms with Gasteiger partial charge in [-0.25, -0.2) is 12.7 Å². The number of halogens is 3. The lowest BCUT2D eigenvalue weighted by Gasteiger charge is -2.49. The van der Waals surface area contributed by atoms with Crippen molar-refractivity contribution in [2.45, 2.75) is 43.3 Å². The van der Waals surface area contributed by atoms with Crippen molar-refractivity contribution in [3.05, 3.63) is 99.6 Å². The Balaban J connectivity index is 1.68. The Hall–Kier alpha value is -2.98. The van der Waals surface area contributed by atoms with Gasteiger partial charge in [0.25, 0.3) is 15.9 Å². The van der Waals surface area contributed by atoms with Crippen LogP contribution in [0.4, 0.5) is 0 Å². The van der Waals surface area contributed by atoms with E-state index < -0.39 is 22.1 Å². The summed E-state index contributed by atoms with van der Waals surface area (Å²) in [4.78, 5) is 30.5. The van der Waals surface area contributed by atoms with Gasteiger partial charge >= 0.3 is 0 Å². The molecule has 2 aliphatic rings. The van der Waals surface area contributed by atoms with E-state index in [1.807, 2.05) is 13.8 Å². The van der Waals surface area contributed by atoms with Crippen LogP contribution in [0.2, 0.25) is 15.1 Å². The van der Waals surface area contributed by atoms with Gasteiger partial charge in [0, 0.05) is 41.1 Å². The average Bonchev–Trinajstić information content (AvgIpc) is 3.41. The number of carbonyl (C=O) groups is 2. The van der Waals surface area contributed by atoms with E-state index in [1.165, 1.54) is 34.2 Å².